The molecular formula is C22H28BrN5O. The van der Waals surface area contributed by atoms with Crippen molar-refractivity contribution >= 4 is 27.3 Å². The maximum atomic E-state index is 6.23. The number of aromatic nitrogens is 4. The fourth-order valence-electron chi connectivity index (χ4n) is 4.71. The molecule has 1 fully saturated rings. The molecule has 29 heavy (non-hydrogen) atoms. The fraction of sp³-hybridized carbons (Fsp3) is 0.500. The molecule has 0 amide bonds. The van der Waals surface area contributed by atoms with Crippen LogP contribution >= 0.6 is 15.9 Å². The van der Waals surface area contributed by atoms with Crippen LogP contribution in [0.15, 0.2) is 40.9 Å². The quantitative estimate of drug-likeness (QED) is 0.680. The summed E-state index contributed by atoms with van der Waals surface area (Å²) in [4.78, 5) is 2.49. The first-order valence-corrected chi connectivity index (χ1v) is 11.0. The molecule has 1 saturated heterocycles. The van der Waals surface area contributed by atoms with Crippen LogP contribution in [0.5, 0.6) is 0 Å². The molecule has 1 aromatic carbocycles. The van der Waals surface area contributed by atoms with Gasteiger partial charge in [-0.05, 0) is 67.0 Å². The summed E-state index contributed by atoms with van der Waals surface area (Å²) in [5.74, 6) is 1.40. The molecule has 0 bridgehead atoms. The number of ether oxygens (including phenoxy) is 1. The predicted octanol–water partition coefficient (Wildman–Crippen LogP) is 4.40. The Bertz CT molecular complexity index is 952. The summed E-state index contributed by atoms with van der Waals surface area (Å²) in [6.07, 6.45) is 8.87. The summed E-state index contributed by atoms with van der Waals surface area (Å²) in [5.41, 5.74) is 3.20. The van der Waals surface area contributed by atoms with Gasteiger partial charge in [0, 0.05) is 42.2 Å². The van der Waals surface area contributed by atoms with Crippen molar-refractivity contribution in [1.29, 1.82) is 0 Å². The Balaban J connectivity index is 1.59. The van der Waals surface area contributed by atoms with Gasteiger partial charge in [-0.15, -0.1) is 5.10 Å². The Morgan fingerprint density at radius 2 is 2.10 bits per heavy atom. The third-order valence-corrected chi connectivity index (χ3v) is 7.30. The monoisotopic (exact) mass is 457 g/mol. The first kappa shape index (κ1) is 20.3. The van der Waals surface area contributed by atoms with Crippen molar-refractivity contribution in [3.63, 3.8) is 0 Å². The van der Waals surface area contributed by atoms with E-state index in [2.05, 4.69) is 86.6 Å². The van der Waals surface area contributed by atoms with Crippen molar-refractivity contribution in [2.45, 2.75) is 39.2 Å². The average Bonchev–Trinajstić information content (AvgIpc) is 3.16. The molecule has 2 aliphatic rings. The number of piperidine rings is 1. The molecule has 3 atom stereocenters. The highest BCUT2D eigenvalue weighted by molar-refractivity contribution is 9.10. The number of anilines is 1. The molecule has 0 radical (unpaired) electrons. The van der Waals surface area contributed by atoms with Gasteiger partial charge in [0.15, 0.2) is 5.82 Å². The third kappa shape index (κ3) is 3.66. The number of allylic oxidation sites excluding steroid dienone is 2. The highest BCUT2D eigenvalue weighted by atomic mass is 79.9. The van der Waals surface area contributed by atoms with Crippen molar-refractivity contribution in [2.75, 3.05) is 25.1 Å². The molecule has 0 saturated carbocycles. The average molecular weight is 458 g/mol. The minimum absolute atomic E-state index is 0.214. The van der Waals surface area contributed by atoms with E-state index in [9.17, 15) is 0 Å². The number of benzene rings is 1. The van der Waals surface area contributed by atoms with E-state index in [1.54, 1.807) is 4.68 Å². The Morgan fingerprint density at radius 1 is 1.28 bits per heavy atom. The van der Waals surface area contributed by atoms with Gasteiger partial charge in [-0.2, -0.15) is 4.68 Å². The Kier molecular flexibility index (Phi) is 5.62. The number of tetrazole rings is 1. The van der Waals surface area contributed by atoms with Crippen LogP contribution in [0.1, 0.15) is 31.2 Å². The van der Waals surface area contributed by atoms with E-state index in [1.807, 2.05) is 14.0 Å². The first-order chi connectivity index (χ1) is 13.9. The van der Waals surface area contributed by atoms with Gasteiger partial charge < -0.3 is 9.64 Å². The molecule has 2 heterocycles. The zero-order valence-corrected chi connectivity index (χ0v) is 19.1. The van der Waals surface area contributed by atoms with E-state index in [1.165, 1.54) is 11.3 Å². The molecule has 1 aliphatic carbocycles. The van der Waals surface area contributed by atoms with Gasteiger partial charge in [0.2, 0.25) is 0 Å². The van der Waals surface area contributed by atoms with Gasteiger partial charge in [0.05, 0.1) is 11.3 Å². The predicted molar refractivity (Wildman–Crippen MR) is 119 cm³/mol. The number of hydrogen-bond donors (Lipinski definition) is 0. The lowest BCUT2D eigenvalue weighted by Crippen LogP contribution is -2.52. The number of methoxy groups -OCH3 is 1. The van der Waals surface area contributed by atoms with E-state index in [0.717, 1.165) is 41.9 Å². The number of halogens is 1. The standard InChI is InChI=1S/C22H28BrN5O/c1-15-7-8-19(13-21(15)23)27-11-5-6-18(14-27)22(29-4)10-9-20(12-16(22)2)28-17(3)24-25-26-28/h7-10,12-13,16,18H,5-6,11,14H2,1-4H3/t16-,18?,22+/m1/s1. The molecule has 7 heteroatoms. The van der Waals surface area contributed by atoms with E-state index in [-0.39, 0.29) is 11.5 Å². The normalized spacial score (nSPS) is 27.2. The van der Waals surface area contributed by atoms with Crippen molar-refractivity contribution in [2.24, 2.45) is 11.8 Å². The van der Waals surface area contributed by atoms with Crippen molar-refractivity contribution in [1.82, 2.24) is 20.2 Å². The topological polar surface area (TPSA) is 56.1 Å². The smallest absolute Gasteiger partial charge is 0.153 e. The molecule has 1 aromatic heterocycles. The summed E-state index contributed by atoms with van der Waals surface area (Å²) >= 11 is 3.68. The molecule has 6 nitrogen and oxygen atoms in total. The fourth-order valence-corrected chi connectivity index (χ4v) is 5.07. The minimum atomic E-state index is -0.327. The van der Waals surface area contributed by atoms with E-state index >= 15 is 0 Å². The van der Waals surface area contributed by atoms with Gasteiger partial charge in [-0.3, -0.25) is 0 Å². The second-order valence-corrected chi connectivity index (χ2v) is 8.98. The summed E-state index contributed by atoms with van der Waals surface area (Å²) in [6.45, 7) is 8.32. The highest BCUT2D eigenvalue weighted by Gasteiger charge is 2.44. The lowest BCUT2D eigenvalue weighted by Gasteiger charge is -2.47. The van der Waals surface area contributed by atoms with Gasteiger partial charge in [0.25, 0.3) is 0 Å². The zero-order valence-electron chi connectivity index (χ0n) is 17.5. The molecule has 0 N–H and O–H groups in total. The van der Waals surface area contributed by atoms with Crippen LogP contribution in [0.2, 0.25) is 0 Å². The Labute approximate surface area is 180 Å². The van der Waals surface area contributed by atoms with Crippen LogP contribution in [0, 0.1) is 25.7 Å². The van der Waals surface area contributed by atoms with Crippen LogP contribution in [0.3, 0.4) is 0 Å². The molecule has 0 spiro atoms. The minimum Gasteiger partial charge on any atom is -0.373 e. The summed E-state index contributed by atoms with van der Waals surface area (Å²) in [5, 5.41) is 11.9. The number of nitrogens with zero attached hydrogens (tertiary/aromatic N) is 5. The lowest BCUT2D eigenvalue weighted by molar-refractivity contribution is -0.0498. The van der Waals surface area contributed by atoms with Gasteiger partial charge in [-0.25, -0.2) is 0 Å². The number of hydrogen-bond acceptors (Lipinski definition) is 5. The van der Waals surface area contributed by atoms with Crippen molar-refractivity contribution in [3.8, 4) is 0 Å². The number of rotatable bonds is 4. The molecular weight excluding hydrogens is 430 g/mol. The second kappa shape index (κ2) is 8.03. The third-order valence-electron chi connectivity index (χ3n) is 6.45. The van der Waals surface area contributed by atoms with Crippen LogP contribution in [0.4, 0.5) is 5.69 Å². The van der Waals surface area contributed by atoms with Gasteiger partial charge in [0.1, 0.15) is 0 Å². The molecule has 1 aliphatic heterocycles. The highest BCUT2D eigenvalue weighted by Crippen LogP contribution is 2.42. The maximum Gasteiger partial charge on any atom is 0.153 e. The van der Waals surface area contributed by atoms with Crippen LogP contribution < -0.4 is 4.90 Å². The summed E-state index contributed by atoms with van der Waals surface area (Å²) in [7, 11) is 1.84. The van der Waals surface area contributed by atoms with Gasteiger partial charge in [-0.1, -0.05) is 35.0 Å². The Morgan fingerprint density at radius 3 is 2.76 bits per heavy atom. The number of aryl methyl sites for hydroxylation is 2. The first-order valence-electron chi connectivity index (χ1n) is 10.2. The molecule has 4 rings (SSSR count). The van der Waals surface area contributed by atoms with E-state index in [0.29, 0.717) is 5.92 Å². The Hall–Kier alpha value is -1.99. The maximum absolute atomic E-state index is 6.23. The molecule has 1 unspecified atom stereocenters. The van der Waals surface area contributed by atoms with E-state index < -0.39 is 0 Å². The van der Waals surface area contributed by atoms with Crippen LogP contribution in [-0.2, 0) is 4.74 Å². The van der Waals surface area contributed by atoms with Crippen LogP contribution in [0.25, 0.3) is 5.70 Å². The SMILES string of the molecule is CO[C@@]1(C2CCCN(c3ccc(C)c(Br)c3)C2)C=CC(n2nnnc2C)=C[C@H]1C. The lowest BCUT2D eigenvalue weighted by atomic mass is 9.71. The van der Waals surface area contributed by atoms with Crippen LogP contribution in [-0.4, -0.2) is 46.0 Å². The van der Waals surface area contributed by atoms with Gasteiger partial charge >= 0.3 is 0 Å². The zero-order chi connectivity index (χ0) is 20.6. The summed E-state index contributed by atoms with van der Waals surface area (Å²) < 4.78 is 9.17. The molecule has 154 valence electrons. The largest absolute Gasteiger partial charge is 0.373 e. The van der Waals surface area contributed by atoms with Crippen molar-refractivity contribution in [3.05, 3.63) is 52.3 Å². The summed E-state index contributed by atoms with van der Waals surface area (Å²) in [6, 6.07) is 6.64. The van der Waals surface area contributed by atoms with E-state index in [4.69, 9.17) is 4.74 Å². The second-order valence-electron chi connectivity index (χ2n) is 8.13. The molecule has 2 aromatic rings. The van der Waals surface area contributed by atoms with Crippen molar-refractivity contribution < 1.29 is 4.74 Å².